The molecule has 1 saturated carbocycles. The van der Waals surface area contributed by atoms with Crippen LogP contribution < -0.4 is 5.32 Å². The third-order valence-electron chi connectivity index (χ3n) is 3.71. The van der Waals surface area contributed by atoms with Crippen LogP contribution in [0.25, 0.3) is 0 Å². The van der Waals surface area contributed by atoms with Gasteiger partial charge in [-0.05, 0) is 30.9 Å². The molecule has 21 heavy (non-hydrogen) atoms. The number of aromatic nitrogens is 2. The Morgan fingerprint density at radius 2 is 2.29 bits per heavy atom. The minimum atomic E-state index is -0.734. The highest BCUT2D eigenvalue weighted by molar-refractivity contribution is 5.94. The van der Waals surface area contributed by atoms with Crippen molar-refractivity contribution in [2.75, 3.05) is 0 Å². The Kier molecular flexibility index (Phi) is 3.37. The van der Waals surface area contributed by atoms with E-state index in [1.807, 2.05) is 17.8 Å². The van der Waals surface area contributed by atoms with Gasteiger partial charge >= 0.3 is 0 Å². The van der Waals surface area contributed by atoms with E-state index in [-0.39, 0.29) is 17.4 Å². The molecule has 3 rings (SSSR count). The summed E-state index contributed by atoms with van der Waals surface area (Å²) in [5.41, 5.74) is -0.0762. The molecule has 2 aromatic rings. The van der Waals surface area contributed by atoms with E-state index in [1.165, 1.54) is 12.1 Å². The average Bonchev–Trinajstić information content (AvgIpc) is 3.18. The highest BCUT2D eigenvalue weighted by Crippen LogP contribution is 2.40. The molecule has 0 radical (unpaired) electrons. The first-order valence-corrected chi connectivity index (χ1v) is 6.83. The standard InChI is InChI=1S/C15H16FN3O2/c1-19-7-6-17-14(19)13(9-2-3-9)18-15(21)11-5-4-10(20)8-12(11)16/h4-9,13,20H,2-3H2,1H3,(H,18,21)/t13-/m1/s1. The lowest BCUT2D eigenvalue weighted by atomic mass is 10.1. The number of phenolic OH excluding ortho intramolecular Hbond substituents is 1. The number of amides is 1. The zero-order chi connectivity index (χ0) is 15.0. The molecule has 2 N–H and O–H groups in total. The summed E-state index contributed by atoms with van der Waals surface area (Å²) in [6, 6.07) is 3.29. The molecule has 0 aliphatic heterocycles. The first kappa shape index (κ1) is 13.6. The second-order valence-corrected chi connectivity index (χ2v) is 5.35. The first-order chi connectivity index (χ1) is 10.1. The van der Waals surface area contributed by atoms with Gasteiger partial charge in [-0.2, -0.15) is 0 Å². The van der Waals surface area contributed by atoms with Gasteiger partial charge in [-0.25, -0.2) is 9.37 Å². The van der Waals surface area contributed by atoms with Crippen molar-refractivity contribution in [3.8, 4) is 5.75 Å². The quantitative estimate of drug-likeness (QED) is 0.906. The fraction of sp³-hybridized carbons (Fsp3) is 0.333. The lowest BCUT2D eigenvalue weighted by Crippen LogP contribution is -2.32. The van der Waals surface area contributed by atoms with E-state index in [0.717, 1.165) is 24.7 Å². The van der Waals surface area contributed by atoms with Crippen molar-refractivity contribution in [2.45, 2.75) is 18.9 Å². The number of rotatable bonds is 4. The fourth-order valence-corrected chi connectivity index (χ4v) is 2.41. The predicted molar refractivity (Wildman–Crippen MR) is 74.2 cm³/mol. The average molecular weight is 289 g/mol. The number of carbonyl (C=O) groups is 1. The summed E-state index contributed by atoms with van der Waals surface area (Å²) in [4.78, 5) is 16.5. The number of nitrogens with one attached hydrogen (secondary N) is 1. The number of halogens is 1. The number of aryl methyl sites for hydroxylation is 1. The number of hydrogen-bond donors (Lipinski definition) is 2. The van der Waals surface area contributed by atoms with Crippen molar-refractivity contribution in [1.82, 2.24) is 14.9 Å². The van der Waals surface area contributed by atoms with Crippen LogP contribution in [0.1, 0.15) is 35.1 Å². The monoisotopic (exact) mass is 289 g/mol. The van der Waals surface area contributed by atoms with Crippen LogP contribution in [0.5, 0.6) is 5.75 Å². The molecule has 1 fully saturated rings. The van der Waals surface area contributed by atoms with Crippen molar-refractivity contribution < 1.29 is 14.3 Å². The number of carbonyl (C=O) groups excluding carboxylic acids is 1. The van der Waals surface area contributed by atoms with E-state index in [9.17, 15) is 14.3 Å². The van der Waals surface area contributed by atoms with Gasteiger partial charge < -0.3 is 15.0 Å². The van der Waals surface area contributed by atoms with Gasteiger partial charge in [0.25, 0.3) is 5.91 Å². The maximum atomic E-state index is 13.7. The Hall–Kier alpha value is -2.37. The molecule has 1 aliphatic carbocycles. The molecule has 1 amide bonds. The van der Waals surface area contributed by atoms with Gasteiger partial charge in [0.2, 0.25) is 0 Å². The molecule has 6 heteroatoms. The molecule has 0 unspecified atom stereocenters. The third-order valence-corrected chi connectivity index (χ3v) is 3.71. The Morgan fingerprint density at radius 3 is 2.86 bits per heavy atom. The Bertz CT molecular complexity index is 679. The van der Waals surface area contributed by atoms with Crippen molar-refractivity contribution in [3.63, 3.8) is 0 Å². The number of benzene rings is 1. The molecule has 0 saturated heterocycles. The third kappa shape index (κ3) is 2.74. The molecular formula is C15H16FN3O2. The topological polar surface area (TPSA) is 67.2 Å². The van der Waals surface area contributed by atoms with Crippen molar-refractivity contribution >= 4 is 5.91 Å². The maximum absolute atomic E-state index is 13.7. The van der Waals surface area contributed by atoms with Crippen LogP contribution in [-0.4, -0.2) is 20.6 Å². The normalized spacial score (nSPS) is 15.7. The van der Waals surface area contributed by atoms with Gasteiger partial charge in [0.15, 0.2) is 0 Å². The number of phenols is 1. The molecular weight excluding hydrogens is 273 g/mol. The van der Waals surface area contributed by atoms with Crippen LogP contribution in [-0.2, 0) is 7.05 Å². The largest absolute Gasteiger partial charge is 0.508 e. The Labute approximate surface area is 121 Å². The zero-order valence-electron chi connectivity index (χ0n) is 11.6. The highest BCUT2D eigenvalue weighted by atomic mass is 19.1. The summed E-state index contributed by atoms with van der Waals surface area (Å²) < 4.78 is 15.6. The van der Waals surface area contributed by atoms with Crippen LogP contribution in [0.15, 0.2) is 30.6 Å². The molecule has 1 aromatic heterocycles. The van der Waals surface area contributed by atoms with Crippen LogP contribution in [0.4, 0.5) is 4.39 Å². The lowest BCUT2D eigenvalue weighted by molar-refractivity contribution is 0.0925. The highest BCUT2D eigenvalue weighted by Gasteiger charge is 2.36. The van der Waals surface area contributed by atoms with E-state index >= 15 is 0 Å². The van der Waals surface area contributed by atoms with Gasteiger partial charge in [-0.15, -0.1) is 0 Å². The van der Waals surface area contributed by atoms with E-state index in [4.69, 9.17) is 0 Å². The molecule has 5 nitrogen and oxygen atoms in total. The molecule has 1 aliphatic rings. The fourth-order valence-electron chi connectivity index (χ4n) is 2.41. The smallest absolute Gasteiger partial charge is 0.254 e. The molecule has 1 aromatic carbocycles. The van der Waals surface area contributed by atoms with Gasteiger partial charge in [0, 0.05) is 25.5 Å². The van der Waals surface area contributed by atoms with E-state index in [0.29, 0.717) is 5.92 Å². The Balaban J connectivity index is 1.83. The number of nitrogens with zero attached hydrogens (tertiary/aromatic N) is 2. The lowest BCUT2D eigenvalue weighted by Gasteiger charge is -2.18. The van der Waals surface area contributed by atoms with Gasteiger partial charge in [-0.3, -0.25) is 4.79 Å². The van der Waals surface area contributed by atoms with E-state index < -0.39 is 11.7 Å². The zero-order valence-corrected chi connectivity index (χ0v) is 11.6. The van der Waals surface area contributed by atoms with Crippen molar-refractivity contribution in [1.29, 1.82) is 0 Å². The van der Waals surface area contributed by atoms with Gasteiger partial charge in [0.05, 0.1) is 11.6 Å². The molecule has 1 atom stereocenters. The summed E-state index contributed by atoms with van der Waals surface area (Å²) in [7, 11) is 1.87. The van der Waals surface area contributed by atoms with Crippen LogP contribution >= 0.6 is 0 Å². The molecule has 0 bridgehead atoms. The van der Waals surface area contributed by atoms with Crippen molar-refractivity contribution in [2.24, 2.45) is 13.0 Å². The summed E-state index contributed by atoms with van der Waals surface area (Å²) in [6.45, 7) is 0. The molecule has 0 spiro atoms. The molecule has 110 valence electrons. The van der Waals surface area contributed by atoms with Crippen molar-refractivity contribution in [3.05, 3.63) is 47.8 Å². The van der Waals surface area contributed by atoms with E-state index in [1.54, 1.807) is 6.20 Å². The predicted octanol–water partition coefficient (Wildman–Crippen LogP) is 2.15. The van der Waals surface area contributed by atoms with Crippen LogP contribution in [0, 0.1) is 11.7 Å². The van der Waals surface area contributed by atoms with Crippen LogP contribution in [0.3, 0.4) is 0 Å². The summed E-state index contributed by atoms with van der Waals surface area (Å²) in [6.07, 6.45) is 5.54. The second kappa shape index (κ2) is 5.20. The van der Waals surface area contributed by atoms with Gasteiger partial charge in [-0.1, -0.05) is 0 Å². The van der Waals surface area contributed by atoms with E-state index in [2.05, 4.69) is 10.3 Å². The minimum absolute atomic E-state index is 0.0762. The van der Waals surface area contributed by atoms with Crippen LogP contribution in [0.2, 0.25) is 0 Å². The number of aromatic hydroxyl groups is 1. The summed E-state index contributed by atoms with van der Waals surface area (Å²) in [5.74, 6) is -0.318. The van der Waals surface area contributed by atoms with Gasteiger partial charge in [0.1, 0.15) is 17.4 Å². The summed E-state index contributed by atoms with van der Waals surface area (Å²) in [5, 5.41) is 12.1. The summed E-state index contributed by atoms with van der Waals surface area (Å²) >= 11 is 0. The minimum Gasteiger partial charge on any atom is -0.508 e. The SMILES string of the molecule is Cn1ccnc1[C@H](NC(=O)c1ccc(O)cc1F)C1CC1. The Morgan fingerprint density at radius 1 is 1.52 bits per heavy atom. The second-order valence-electron chi connectivity index (χ2n) is 5.35. The maximum Gasteiger partial charge on any atom is 0.254 e. The number of imidazole rings is 1. The molecule has 1 heterocycles. The number of hydrogen-bond acceptors (Lipinski definition) is 3. The first-order valence-electron chi connectivity index (χ1n) is 6.83.